The molecule has 0 fully saturated rings. The highest BCUT2D eigenvalue weighted by molar-refractivity contribution is 7.47. The fourth-order valence-electron chi connectivity index (χ4n) is 11.9. The molecular formula is C78H152O17P2. The van der Waals surface area contributed by atoms with Gasteiger partial charge in [-0.25, -0.2) is 9.13 Å². The summed E-state index contributed by atoms with van der Waals surface area (Å²) in [5.74, 6) is 0.898. The Morgan fingerprint density at radius 3 is 0.732 bits per heavy atom. The lowest BCUT2D eigenvalue weighted by atomic mass is 10.00. The molecule has 0 spiro atoms. The summed E-state index contributed by atoms with van der Waals surface area (Å²) in [5, 5.41) is 10.6. The van der Waals surface area contributed by atoms with E-state index in [0.29, 0.717) is 31.6 Å². The Kier molecular flexibility index (Phi) is 65.9. The average molecular weight is 1420 g/mol. The third-order valence-corrected chi connectivity index (χ3v) is 20.3. The van der Waals surface area contributed by atoms with Gasteiger partial charge in [0.05, 0.1) is 26.4 Å². The number of hydrogen-bond donors (Lipinski definition) is 3. The van der Waals surface area contributed by atoms with Gasteiger partial charge in [-0.1, -0.05) is 344 Å². The Hall–Kier alpha value is -1.94. The SMILES string of the molecule is CCC(C)CCCCCCCCC(=O)O[C@H](COC(=O)CCCCCCCCC(C)C)COP(=O)(O)OC[C@H](O)COP(=O)(O)OC[C@@H](COC(=O)CCCCCCCCCCCCCCCCCCC(C)C)OC(=O)CCCCCCCCCCCCCCCCCCC(C)C. The minimum absolute atomic E-state index is 0.102. The number of carbonyl (C=O) groups is 4. The number of rotatable bonds is 75. The smallest absolute Gasteiger partial charge is 0.462 e. The lowest BCUT2D eigenvalue weighted by Crippen LogP contribution is -2.30. The Balaban J connectivity index is 5.20. The molecule has 3 unspecified atom stereocenters. The van der Waals surface area contributed by atoms with Gasteiger partial charge < -0.3 is 33.8 Å². The number of hydrogen-bond acceptors (Lipinski definition) is 15. The van der Waals surface area contributed by atoms with Gasteiger partial charge in [0.1, 0.15) is 19.3 Å². The molecule has 0 radical (unpaired) electrons. The van der Waals surface area contributed by atoms with E-state index in [9.17, 15) is 43.2 Å². The highest BCUT2D eigenvalue weighted by atomic mass is 31.2. The van der Waals surface area contributed by atoms with Crippen molar-refractivity contribution in [2.75, 3.05) is 39.6 Å². The van der Waals surface area contributed by atoms with Crippen LogP contribution in [-0.4, -0.2) is 96.7 Å². The van der Waals surface area contributed by atoms with E-state index in [1.807, 2.05) is 0 Å². The lowest BCUT2D eigenvalue weighted by molar-refractivity contribution is -0.161. The minimum Gasteiger partial charge on any atom is -0.462 e. The highest BCUT2D eigenvalue weighted by Gasteiger charge is 2.30. The van der Waals surface area contributed by atoms with Crippen molar-refractivity contribution in [1.82, 2.24) is 0 Å². The molecule has 17 nitrogen and oxygen atoms in total. The van der Waals surface area contributed by atoms with Crippen molar-refractivity contribution >= 4 is 39.5 Å². The number of ether oxygens (including phenoxy) is 4. The van der Waals surface area contributed by atoms with Gasteiger partial charge in [-0.2, -0.15) is 0 Å². The zero-order chi connectivity index (χ0) is 71.7. The fourth-order valence-corrected chi connectivity index (χ4v) is 13.5. The number of carbonyl (C=O) groups excluding carboxylic acids is 4. The third kappa shape index (κ3) is 70.9. The summed E-state index contributed by atoms with van der Waals surface area (Å²) >= 11 is 0. The molecule has 6 atom stereocenters. The molecule has 0 aromatic heterocycles. The summed E-state index contributed by atoms with van der Waals surface area (Å²) < 4.78 is 68.5. The van der Waals surface area contributed by atoms with Gasteiger partial charge in [0.25, 0.3) is 0 Å². The first-order valence-corrected chi connectivity index (χ1v) is 43.2. The van der Waals surface area contributed by atoms with E-state index >= 15 is 0 Å². The zero-order valence-electron chi connectivity index (χ0n) is 63.7. The van der Waals surface area contributed by atoms with Crippen LogP contribution in [0.1, 0.15) is 396 Å². The molecule has 0 saturated heterocycles. The Morgan fingerprint density at radius 1 is 0.289 bits per heavy atom. The van der Waals surface area contributed by atoms with Crippen LogP contribution in [0.5, 0.6) is 0 Å². The van der Waals surface area contributed by atoms with Crippen molar-refractivity contribution in [3.63, 3.8) is 0 Å². The molecule has 0 aliphatic carbocycles. The molecule has 0 aliphatic rings. The van der Waals surface area contributed by atoms with Gasteiger partial charge in [-0.3, -0.25) is 37.3 Å². The molecule has 0 aromatic rings. The first kappa shape index (κ1) is 95.1. The lowest BCUT2D eigenvalue weighted by Gasteiger charge is -2.21. The maximum atomic E-state index is 13.1. The summed E-state index contributed by atoms with van der Waals surface area (Å²) in [6.07, 6.45) is 53.1. The monoisotopic (exact) mass is 1420 g/mol. The van der Waals surface area contributed by atoms with Crippen LogP contribution in [0.2, 0.25) is 0 Å². The van der Waals surface area contributed by atoms with E-state index < -0.39 is 97.5 Å². The summed E-state index contributed by atoms with van der Waals surface area (Å²) in [6, 6.07) is 0. The average Bonchev–Trinajstić information content (AvgIpc) is 2.14. The maximum Gasteiger partial charge on any atom is 0.472 e. The van der Waals surface area contributed by atoms with E-state index in [0.717, 1.165) is 114 Å². The Bertz CT molecular complexity index is 1900. The van der Waals surface area contributed by atoms with Crippen molar-refractivity contribution in [3.8, 4) is 0 Å². The molecule has 0 bridgehead atoms. The van der Waals surface area contributed by atoms with Crippen LogP contribution in [0.25, 0.3) is 0 Å². The highest BCUT2D eigenvalue weighted by Crippen LogP contribution is 2.45. The number of aliphatic hydroxyl groups excluding tert-OH is 1. The van der Waals surface area contributed by atoms with Crippen molar-refractivity contribution in [1.29, 1.82) is 0 Å². The normalized spacial score (nSPS) is 14.4. The van der Waals surface area contributed by atoms with Crippen LogP contribution in [-0.2, 0) is 65.4 Å². The van der Waals surface area contributed by atoms with Crippen LogP contribution in [0.3, 0.4) is 0 Å². The van der Waals surface area contributed by atoms with Crippen LogP contribution in [0, 0.1) is 23.7 Å². The molecular weight excluding hydrogens is 1270 g/mol. The predicted octanol–water partition coefficient (Wildman–Crippen LogP) is 22.8. The molecule has 3 N–H and O–H groups in total. The first-order chi connectivity index (χ1) is 46.6. The minimum atomic E-state index is -4.96. The summed E-state index contributed by atoms with van der Waals surface area (Å²) in [6.45, 7) is 14.1. The van der Waals surface area contributed by atoms with Gasteiger partial charge in [0, 0.05) is 25.7 Å². The molecule has 576 valence electrons. The largest absolute Gasteiger partial charge is 0.472 e. The molecule has 0 amide bonds. The number of esters is 4. The van der Waals surface area contributed by atoms with E-state index in [2.05, 4.69) is 55.4 Å². The summed E-state index contributed by atoms with van der Waals surface area (Å²) in [5.41, 5.74) is 0. The summed E-state index contributed by atoms with van der Waals surface area (Å²) in [4.78, 5) is 72.8. The van der Waals surface area contributed by atoms with Gasteiger partial charge in [0.15, 0.2) is 12.2 Å². The Morgan fingerprint density at radius 2 is 0.495 bits per heavy atom. The molecule has 0 heterocycles. The third-order valence-electron chi connectivity index (χ3n) is 18.4. The van der Waals surface area contributed by atoms with Crippen molar-refractivity contribution in [3.05, 3.63) is 0 Å². The number of phosphoric acid groups is 2. The second kappa shape index (κ2) is 67.2. The quantitative estimate of drug-likeness (QED) is 0.0222. The molecule has 97 heavy (non-hydrogen) atoms. The molecule has 19 heteroatoms. The van der Waals surface area contributed by atoms with E-state index in [4.69, 9.17) is 37.0 Å². The molecule has 0 aliphatic heterocycles. The summed E-state index contributed by atoms with van der Waals surface area (Å²) in [7, 11) is -9.91. The first-order valence-electron chi connectivity index (χ1n) is 40.2. The van der Waals surface area contributed by atoms with Crippen molar-refractivity contribution in [2.24, 2.45) is 23.7 Å². The molecule has 0 aromatic carbocycles. The second-order valence-electron chi connectivity index (χ2n) is 29.8. The van der Waals surface area contributed by atoms with E-state index in [-0.39, 0.29) is 25.7 Å². The predicted molar refractivity (Wildman–Crippen MR) is 395 cm³/mol. The maximum absolute atomic E-state index is 13.1. The van der Waals surface area contributed by atoms with Crippen LogP contribution in [0.15, 0.2) is 0 Å². The number of unbranched alkanes of at least 4 members (excludes halogenated alkanes) is 40. The van der Waals surface area contributed by atoms with Crippen LogP contribution < -0.4 is 0 Å². The van der Waals surface area contributed by atoms with Gasteiger partial charge in [0.2, 0.25) is 0 Å². The van der Waals surface area contributed by atoms with E-state index in [1.54, 1.807) is 0 Å². The van der Waals surface area contributed by atoms with E-state index in [1.165, 1.54) is 193 Å². The number of phosphoric ester groups is 2. The zero-order valence-corrected chi connectivity index (χ0v) is 65.5. The Labute approximate surface area is 594 Å². The molecule has 0 saturated carbocycles. The second-order valence-corrected chi connectivity index (χ2v) is 32.7. The van der Waals surface area contributed by atoms with Gasteiger partial charge >= 0.3 is 39.5 Å². The van der Waals surface area contributed by atoms with Crippen LogP contribution >= 0.6 is 15.6 Å². The van der Waals surface area contributed by atoms with Gasteiger partial charge in [-0.05, 0) is 49.4 Å². The van der Waals surface area contributed by atoms with Crippen molar-refractivity contribution < 1.29 is 80.2 Å². The standard InChI is InChI=1S/C78H152O17P2/c1-9-71(8)57-49-41-35-37-45-53-61-78(83)95-74(65-89-76(81)59-51-43-36-34-40-48-56-70(6)7)67-93-97(86,87)91-63-72(79)62-90-96(84,85)92-66-73(94-77(82)60-52-44-33-29-25-21-17-13-11-15-19-23-27-31-39-47-55-69(4)5)64-88-75(80)58-50-42-32-28-24-20-16-12-10-14-18-22-26-30-38-46-54-68(2)3/h68-74,79H,9-67H2,1-8H3,(H,84,85)(H,86,87)/t71?,72-,73-,74-/m1/s1. The van der Waals surface area contributed by atoms with Gasteiger partial charge in [-0.15, -0.1) is 0 Å². The van der Waals surface area contributed by atoms with Crippen LogP contribution in [0.4, 0.5) is 0 Å². The topological polar surface area (TPSA) is 237 Å². The number of aliphatic hydroxyl groups is 1. The molecule has 0 rings (SSSR count). The fraction of sp³-hybridized carbons (Fsp3) is 0.949. The van der Waals surface area contributed by atoms with Crippen molar-refractivity contribution in [2.45, 2.75) is 414 Å².